The molecule has 1 aromatic carbocycles. The molecule has 6 nitrogen and oxygen atoms in total. The van der Waals surface area contributed by atoms with Gasteiger partial charge in [0, 0.05) is 22.5 Å². The van der Waals surface area contributed by atoms with E-state index in [1.807, 2.05) is 29.2 Å². The van der Waals surface area contributed by atoms with E-state index in [1.54, 1.807) is 0 Å². The molecule has 0 spiro atoms. The summed E-state index contributed by atoms with van der Waals surface area (Å²) < 4.78 is 29.6. The van der Waals surface area contributed by atoms with Crippen LogP contribution in [0.4, 0.5) is 5.69 Å². The number of amides is 1. The van der Waals surface area contributed by atoms with E-state index in [0.717, 1.165) is 10.2 Å². The molecule has 9 heteroatoms. The van der Waals surface area contributed by atoms with E-state index in [2.05, 4.69) is 20.9 Å². The van der Waals surface area contributed by atoms with Gasteiger partial charge in [0.2, 0.25) is 0 Å². The summed E-state index contributed by atoms with van der Waals surface area (Å²) in [5.74, 6) is -0.176. The first-order chi connectivity index (χ1) is 10.9. The van der Waals surface area contributed by atoms with E-state index in [4.69, 9.17) is 4.74 Å². The third-order valence-corrected chi connectivity index (χ3v) is 7.40. The van der Waals surface area contributed by atoms with Crippen LogP contribution in [-0.4, -0.2) is 56.0 Å². The van der Waals surface area contributed by atoms with Gasteiger partial charge in [0.05, 0.1) is 17.5 Å². The highest BCUT2D eigenvalue weighted by Crippen LogP contribution is 2.41. The minimum Gasteiger partial charge on any atom is -0.375 e. The Kier molecular flexibility index (Phi) is 4.82. The van der Waals surface area contributed by atoms with Crippen LogP contribution in [-0.2, 0) is 19.4 Å². The molecule has 23 heavy (non-hydrogen) atoms. The van der Waals surface area contributed by atoms with Crippen LogP contribution < -0.4 is 4.90 Å². The van der Waals surface area contributed by atoms with Crippen molar-refractivity contribution in [3.63, 3.8) is 0 Å². The summed E-state index contributed by atoms with van der Waals surface area (Å²) in [7, 11) is -1.61. The maximum absolute atomic E-state index is 11.9. The third kappa shape index (κ3) is 3.62. The number of rotatable bonds is 3. The Labute approximate surface area is 147 Å². The van der Waals surface area contributed by atoms with Crippen molar-refractivity contribution < 1.29 is 17.9 Å². The van der Waals surface area contributed by atoms with Crippen molar-refractivity contribution in [3.05, 3.63) is 28.7 Å². The Morgan fingerprint density at radius 2 is 2.09 bits per heavy atom. The quantitative estimate of drug-likeness (QED) is 0.743. The molecule has 2 heterocycles. The van der Waals surface area contributed by atoms with Crippen molar-refractivity contribution in [1.82, 2.24) is 0 Å². The summed E-state index contributed by atoms with van der Waals surface area (Å²) >= 11 is 4.74. The molecule has 2 saturated heterocycles. The Hall–Kier alpha value is -0.900. The smallest absolute Gasteiger partial charge is 0.274 e. The molecular formula is C14H15BrN2O4S2. The maximum atomic E-state index is 11.9. The van der Waals surface area contributed by atoms with Gasteiger partial charge in [-0.2, -0.15) is 4.99 Å². The van der Waals surface area contributed by atoms with Gasteiger partial charge in [0.25, 0.3) is 5.91 Å². The number of amidine groups is 1. The molecule has 0 unspecified atom stereocenters. The number of thioether (sulfide) groups is 1. The third-order valence-electron chi connectivity index (χ3n) is 3.66. The number of anilines is 1. The van der Waals surface area contributed by atoms with Gasteiger partial charge in [-0.25, -0.2) is 8.42 Å². The highest BCUT2D eigenvalue weighted by molar-refractivity contribution is 9.10. The normalized spacial score (nSPS) is 27.4. The summed E-state index contributed by atoms with van der Waals surface area (Å²) in [5.41, 5.74) is 0.828. The van der Waals surface area contributed by atoms with Crippen LogP contribution in [0.5, 0.6) is 0 Å². The van der Waals surface area contributed by atoms with Crippen LogP contribution in [0.1, 0.15) is 0 Å². The highest BCUT2D eigenvalue weighted by atomic mass is 79.9. The highest BCUT2D eigenvalue weighted by Gasteiger charge is 2.49. The number of methoxy groups -OCH3 is 1. The zero-order valence-corrected chi connectivity index (χ0v) is 15.5. The van der Waals surface area contributed by atoms with Crippen LogP contribution in [0.15, 0.2) is 33.7 Å². The number of benzene rings is 1. The summed E-state index contributed by atoms with van der Waals surface area (Å²) in [6.45, 7) is -0.0914. The van der Waals surface area contributed by atoms with E-state index < -0.39 is 9.84 Å². The fourth-order valence-corrected chi connectivity index (χ4v) is 6.93. The van der Waals surface area contributed by atoms with Crippen molar-refractivity contribution >= 4 is 54.3 Å². The first-order valence-electron chi connectivity index (χ1n) is 6.92. The molecular weight excluding hydrogens is 404 g/mol. The second-order valence-electron chi connectivity index (χ2n) is 5.37. The molecule has 2 fully saturated rings. The number of hydrogen-bond donors (Lipinski definition) is 0. The monoisotopic (exact) mass is 418 g/mol. The minimum absolute atomic E-state index is 0.0816. The zero-order valence-electron chi connectivity index (χ0n) is 12.3. The number of ether oxygens (including phenoxy) is 1. The molecule has 0 aromatic heterocycles. The molecule has 124 valence electrons. The number of hydrogen-bond acceptors (Lipinski definition) is 5. The van der Waals surface area contributed by atoms with Gasteiger partial charge in [0.1, 0.15) is 6.61 Å². The number of fused-ring (bicyclic) bond motifs is 1. The predicted molar refractivity (Wildman–Crippen MR) is 94.8 cm³/mol. The zero-order chi connectivity index (χ0) is 16.6. The number of carbonyl (C=O) groups is 1. The first-order valence-corrected chi connectivity index (χ1v) is 10.4. The van der Waals surface area contributed by atoms with Gasteiger partial charge in [-0.15, -0.1) is 0 Å². The fourth-order valence-electron chi connectivity index (χ4n) is 2.73. The average Bonchev–Trinajstić information content (AvgIpc) is 2.91. The van der Waals surface area contributed by atoms with E-state index in [-0.39, 0.29) is 35.3 Å². The van der Waals surface area contributed by atoms with Crippen LogP contribution >= 0.6 is 27.7 Å². The standard InChI is InChI=1S/C14H15BrN2O4S2/c1-21-6-13(18)16-14-17(10-4-2-9(15)3-5-10)11-7-23(19,20)8-12(11)22-14/h2-5,11-12H,6-8H2,1H3/t11-,12+/m1/s1. The van der Waals surface area contributed by atoms with Gasteiger partial charge < -0.3 is 9.64 Å². The van der Waals surface area contributed by atoms with E-state index in [9.17, 15) is 13.2 Å². The Bertz CT molecular complexity index is 749. The van der Waals surface area contributed by atoms with Crippen LogP contribution in [0.2, 0.25) is 0 Å². The SMILES string of the molecule is COCC(=O)N=C1S[C@H]2CS(=O)(=O)C[C@H]2N1c1ccc(Br)cc1. The van der Waals surface area contributed by atoms with Gasteiger partial charge in [0.15, 0.2) is 15.0 Å². The van der Waals surface area contributed by atoms with E-state index in [1.165, 1.54) is 18.9 Å². The Balaban J connectivity index is 1.97. The molecule has 2 aliphatic heterocycles. The second kappa shape index (κ2) is 6.54. The largest absolute Gasteiger partial charge is 0.375 e. The molecule has 0 bridgehead atoms. The average molecular weight is 419 g/mol. The molecule has 1 amide bonds. The van der Waals surface area contributed by atoms with Crippen molar-refractivity contribution in [2.45, 2.75) is 11.3 Å². The van der Waals surface area contributed by atoms with Crippen molar-refractivity contribution in [1.29, 1.82) is 0 Å². The lowest BCUT2D eigenvalue weighted by Gasteiger charge is -2.24. The number of aliphatic imine (C=N–C) groups is 1. The maximum Gasteiger partial charge on any atom is 0.274 e. The molecule has 0 radical (unpaired) electrons. The fraction of sp³-hybridized carbons (Fsp3) is 0.429. The summed E-state index contributed by atoms with van der Waals surface area (Å²) in [6.07, 6.45) is 0. The number of carbonyl (C=O) groups excluding carboxylic acids is 1. The molecule has 1 aromatic rings. The molecule has 2 atom stereocenters. The van der Waals surface area contributed by atoms with Gasteiger partial charge in [-0.3, -0.25) is 4.79 Å². The minimum atomic E-state index is -3.05. The number of sulfone groups is 1. The van der Waals surface area contributed by atoms with Crippen molar-refractivity contribution in [3.8, 4) is 0 Å². The first kappa shape index (κ1) is 16.9. The van der Waals surface area contributed by atoms with Crippen LogP contribution in [0.25, 0.3) is 0 Å². The predicted octanol–water partition coefficient (Wildman–Crippen LogP) is 1.70. The Morgan fingerprint density at radius 1 is 1.39 bits per heavy atom. The van der Waals surface area contributed by atoms with Crippen LogP contribution in [0.3, 0.4) is 0 Å². The lowest BCUT2D eigenvalue weighted by molar-refractivity contribution is -0.121. The van der Waals surface area contributed by atoms with Crippen molar-refractivity contribution in [2.75, 3.05) is 30.1 Å². The summed E-state index contributed by atoms with van der Waals surface area (Å²) in [6, 6.07) is 7.33. The van der Waals surface area contributed by atoms with E-state index in [0.29, 0.717) is 5.17 Å². The van der Waals surface area contributed by atoms with Gasteiger partial charge in [-0.05, 0) is 24.3 Å². The lowest BCUT2D eigenvalue weighted by atomic mass is 10.2. The number of nitrogens with zero attached hydrogens (tertiary/aromatic N) is 2. The molecule has 0 saturated carbocycles. The molecule has 2 aliphatic rings. The molecule has 0 N–H and O–H groups in total. The number of halogens is 1. The van der Waals surface area contributed by atoms with Crippen LogP contribution in [0, 0.1) is 0 Å². The summed E-state index contributed by atoms with van der Waals surface area (Å²) in [4.78, 5) is 17.8. The van der Waals surface area contributed by atoms with Crippen molar-refractivity contribution in [2.24, 2.45) is 4.99 Å². The topological polar surface area (TPSA) is 76.0 Å². The van der Waals surface area contributed by atoms with Gasteiger partial charge >= 0.3 is 0 Å². The summed E-state index contributed by atoms with van der Waals surface area (Å²) in [5, 5.41) is 0.442. The molecule has 3 rings (SSSR count). The lowest BCUT2D eigenvalue weighted by Crippen LogP contribution is -2.37. The van der Waals surface area contributed by atoms with E-state index >= 15 is 0 Å². The Morgan fingerprint density at radius 3 is 2.74 bits per heavy atom. The van der Waals surface area contributed by atoms with Gasteiger partial charge in [-0.1, -0.05) is 27.7 Å². The second-order valence-corrected chi connectivity index (χ2v) is 9.64. The molecule has 0 aliphatic carbocycles.